The number of urea groups is 1. The molecular formula is C11H11Cl2N3O. The Morgan fingerprint density at radius 2 is 2.24 bits per heavy atom. The Kier molecular flexibility index (Phi) is 5.08. The molecule has 1 atom stereocenters. The Bertz CT molecular complexity index is 457. The van der Waals surface area contributed by atoms with Gasteiger partial charge in [-0.15, -0.1) is 0 Å². The van der Waals surface area contributed by atoms with Crippen molar-refractivity contribution in [3.63, 3.8) is 0 Å². The van der Waals surface area contributed by atoms with E-state index in [0.29, 0.717) is 15.7 Å². The fourth-order valence-corrected chi connectivity index (χ4v) is 1.50. The average Bonchev–Trinajstić information content (AvgIpc) is 2.23. The first kappa shape index (κ1) is 13.6. The van der Waals surface area contributed by atoms with Crippen LogP contribution in [0.15, 0.2) is 18.2 Å². The van der Waals surface area contributed by atoms with E-state index in [-0.39, 0.29) is 12.5 Å². The van der Waals surface area contributed by atoms with Crippen molar-refractivity contribution in [3.8, 4) is 6.07 Å². The van der Waals surface area contributed by atoms with E-state index in [1.165, 1.54) is 0 Å². The fraction of sp³-hybridized carbons (Fsp3) is 0.273. The number of hydrogen-bond acceptors (Lipinski definition) is 2. The molecular weight excluding hydrogens is 261 g/mol. The fourth-order valence-electron chi connectivity index (χ4n) is 1.16. The van der Waals surface area contributed by atoms with Gasteiger partial charge >= 0.3 is 6.03 Å². The molecule has 0 saturated heterocycles. The Hall–Kier alpha value is -1.44. The summed E-state index contributed by atoms with van der Waals surface area (Å²) in [6, 6.07) is 6.10. The van der Waals surface area contributed by atoms with E-state index >= 15 is 0 Å². The van der Waals surface area contributed by atoms with E-state index in [0.717, 1.165) is 0 Å². The van der Waals surface area contributed by atoms with E-state index in [1.54, 1.807) is 25.1 Å². The van der Waals surface area contributed by atoms with Gasteiger partial charge in [-0.05, 0) is 25.1 Å². The van der Waals surface area contributed by atoms with Gasteiger partial charge in [-0.3, -0.25) is 0 Å². The molecule has 1 unspecified atom stereocenters. The standard InChI is InChI=1S/C11H11Cl2N3O/c1-7(4-5-14)15-11(17)16-10-6-8(12)2-3-9(10)13/h2-3,6-7H,4H2,1H3,(H2,15,16,17). The number of carbonyl (C=O) groups is 1. The highest BCUT2D eigenvalue weighted by Gasteiger charge is 2.09. The third-order valence-electron chi connectivity index (χ3n) is 1.95. The molecule has 0 aliphatic rings. The van der Waals surface area contributed by atoms with Crippen molar-refractivity contribution >= 4 is 34.9 Å². The SMILES string of the molecule is CC(CC#N)NC(=O)Nc1cc(Cl)ccc1Cl. The maximum Gasteiger partial charge on any atom is 0.319 e. The topological polar surface area (TPSA) is 64.9 Å². The average molecular weight is 272 g/mol. The monoisotopic (exact) mass is 271 g/mol. The highest BCUT2D eigenvalue weighted by Crippen LogP contribution is 2.25. The highest BCUT2D eigenvalue weighted by atomic mass is 35.5. The first-order valence-electron chi connectivity index (χ1n) is 4.92. The molecule has 0 aliphatic heterocycles. The summed E-state index contributed by atoms with van der Waals surface area (Å²) < 4.78 is 0. The lowest BCUT2D eigenvalue weighted by Gasteiger charge is -2.12. The molecule has 17 heavy (non-hydrogen) atoms. The largest absolute Gasteiger partial charge is 0.334 e. The van der Waals surface area contributed by atoms with Gasteiger partial charge in [-0.1, -0.05) is 23.2 Å². The lowest BCUT2D eigenvalue weighted by Crippen LogP contribution is -2.35. The zero-order valence-electron chi connectivity index (χ0n) is 9.13. The third kappa shape index (κ3) is 4.51. The molecule has 90 valence electrons. The van der Waals surface area contributed by atoms with Crippen LogP contribution in [0.4, 0.5) is 10.5 Å². The number of rotatable bonds is 3. The van der Waals surface area contributed by atoms with Crippen LogP contribution in [0.25, 0.3) is 0 Å². The molecule has 1 rings (SSSR count). The van der Waals surface area contributed by atoms with Crippen molar-refractivity contribution in [2.24, 2.45) is 0 Å². The van der Waals surface area contributed by atoms with Crippen LogP contribution in [-0.2, 0) is 0 Å². The van der Waals surface area contributed by atoms with Crippen molar-refractivity contribution < 1.29 is 4.79 Å². The third-order valence-corrected chi connectivity index (χ3v) is 2.52. The molecule has 4 nitrogen and oxygen atoms in total. The molecule has 0 bridgehead atoms. The van der Waals surface area contributed by atoms with Gasteiger partial charge in [0.15, 0.2) is 0 Å². The van der Waals surface area contributed by atoms with Gasteiger partial charge in [0.1, 0.15) is 0 Å². The molecule has 0 aromatic heterocycles. The molecule has 0 radical (unpaired) electrons. The zero-order valence-corrected chi connectivity index (χ0v) is 10.6. The van der Waals surface area contributed by atoms with E-state index in [9.17, 15) is 4.79 Å². The number of nitrogens with zero attached hydrogens (tertiary/aromatic N) is 1. The molecule has 0 fully saturated rings. The van der Waals surface area contributed by atoms with Gasteiger partial charge in [-0.25, -0.2) is 4.79 Å². The summed E-state index contributed by atoms with van der Waals surface area (Å²) in [5.74, 6) is 0. The van der Waals surface area contributed by atoms with Crippen LogP contribution < -0.4 is 10.6 Å². The summed E-state index contributed by atoms with van der Waals surface area (Å²) in [5.41, 5.74) is 0.431. The summed E-state index contributed by atoms with van der Waals surface area (Å²) in [6.07, 6.45) is 0.247. The van der Waals surface area contributed by atoms with Crippen molar-refractivity contribution in [2.75, 3.05) is 5.32 Å². The predicted molar refractivity (Wildman–Crippen MR) is 68.3 cm³/mol. The summed E-state index contributed by atoms with van der Waals surface area (Å²) in [5, 5.41) is 14.5. The van der Waals surface area contributed by atoms with Crippen LogP contribution in [0.5, 0.6) is 0 Å². The zero-order chi connectivity index (χ0) is 12.8. The van der Waals surface area contributed by atoms with Gasteiger partial charge in [0.2, 0.25) is 0 Å². The smallest absolute Gasteiger partial charge is 0.319 e. The Balaban J connectivity index is 2.62. The minimum absolute atomic E-state index is 0.224. The van der Waals surface area contributed by atoms with Crippen LogP contribution in [-0.4, -0.2) is 12.1 Å². The molecule has 1 aromatic carbocycles. The molecule has 1 aromatic rings. The summed E-state index contributed by atoms with van der Waals surface area (Å²) >= 11 is 11.7. The predicted octanol–water partition coefficient (Wildman–Crippen LogP) is 3.42. The lowest BCUT2D eigenvalue weighted by molar-refractivity contribution is 0.249. The molecule has 0 aliphatic carbocycles. The molecule has 0 saturated carbocycles. The Morgan fingerprint density at radius 3 is 2.88 bits per heavy atom. The maximum atomic E-state index is 11.5. The van der Waals surface area contributed by atoms with Gasteiger partial charge in [0.25, 0.3) is 0 Å². The quantitative estimate of drug-likeness (QED) is 0.885. The normalized spacial score (nSPS) is 11.4. The van der Waals surface area contributed by atoms with E-state index < -0.39 is 6.03 Å². The number of nitrogens with one attached hydrogen (secondary N) is 2. The van der Waals surface area contributed by atoms with Crippen molar-refractivity contribution in [1.82, 2.24) is 5.32 Å². The summed E-state index contributed by atoms with van der Waals surface area (Å²) in [4.78, 5) is 11.5. The summed E-state index contributed by atoms with van der Waals surface area (Å²) in [7, 11) is 0. The number of hydrogen-bond donors (Lipinski definition) is 2. The van der Waals surface area contributed by atoms with Crippen LogP contribution in [0.3, 0.4) is 0 Å². The van der Waals surface area contributed by atoms with Gasteiger partial charge in [0, 0.05) is 11.1 Å². The van der Waals surface area contributed by atoms with Crippen LogP contribution in [0.2, 0.25) is 10.0 Å². The van der Waals surface area contributed by atoms with E-state index in [4.69, 9.17) is 28.5 Å². The molecule has 6 heteroatoms. The van der Waals surface area contributed by atoms with Crippen molar-refractivity contribution in [1.29, 1.82) is 5.26 Å². The maximum absolute atomic E-state index is 11.5. The molecule has 0 spiro atoms. The second kappa shape index (κ2) is 6.33. The summed E-state index contributed by atoms with van der Waals surface area (Å²) in [6.45, 7) is 1.74. The van der Waals surface area contributed by atoms with Crippen LogP contribution in [0.1, 0.15) is 13.3 Å². The molecule has 2 amide bonds. The number of nitriles is 1. The second-order valence-corrected chi connectivity index (χ2v) is 4.33. The van der Waals surface area contributed by atoms with Gasteiger partial charge < -0.3 is 10.6 Å². The number of anilines is 1. The Morgan fingerprint density at radius 1 is 1.53 bits per heavy atom. The highest BCUT2D eigenvalue weighted by molar-refractivity contribution is 6.35. The number of carbonyl (C=O) groups excluding carboxylic acids is 1. The van der Waals surface area contributed by atoms with E-state index in [2.05, 4.69) is 10.6 Å². The first-order valence-corrected chi connectivity index (χ1v) is 5.68. The van der Waals surface area contributed by atoms with E-state index in [1.807, 2.05) is 6.07 Å². The Labute approximate surface area is 110 Å². The van der Waals surface area contributed by atoms with Crippen molar-refractivity contribution in [3.05, 3.63) is 28.2 Å². The second-order valence-electron chi connectivity index (χ2n) is 3.49. The van der Waals surface area contributed by atoms with Crippen LogP contribution >= 0.6 is 23.2 Å². The minimum Gasteiger partial charge on any atom is -0.334 e. The van der Waals surface area contributed by atoms with Crippen molar-refractivity contribution in [2.45, 2.75) is 19.4 Å². The van der Waals surface area contributed by atoms with Gasteiger partial charge in [0.05, 0.1) is 23.2 Å². The number of benzene rings is 1. The minimum atomic E-state index is -0.420. The number of amides is 2. The molecule has 0 heterocycles. The molecule has 2 N–H and O–H groups in total. The first-order chi connectivity index (χ1) is 8.02. The van der Waals surface area contributed by atoms with Gasteiger partial charge in [-0.2, -0.15) is 5.26 Å². The lowest BCUT2D eigenvalue weighted by atomic mass is 10.2. The number of halogens is 2. The van der Waals surface area contributed by atoms with Crippen LogP contribution in [0, 0.1) is 11.3 Å².